The van der Waals surface area contributed by atoms with Gasteiger partial charge in [0.1, 0.15) is 18.3 Å². The topological polar surface area (TPSA) is 180 Å². The van der Waals surface area contributed by atoms with Crippen molar-refractivity contribution in [3.63, 3.8) is 0 Å². The maximum absolute atomic E-state index is 11.3. The van der Waals surface area contributed by atoms with Gasteiger partial charge in [0, 0.05) is 6.54 Å². The minimum Gasteiger partial charge on any atom is -0.860 e. The molecule has 0 aliphatic rings. The Hall–Kier alpha value is -0.260. The Morgan fingerprint density at radius 3 is 2.05 bits per heavy atom. The average molecular weight is 302 g/mol. The van der Waals surface area contributed by atoms with E-state index in [0.29, 0.717) is 19.4 Å². The summed E-state index contributed by atoms with van der Waals surface area (Å²) in [5.74, 6) is -2.88. The first-order chi connectivity index (χ1) is 8.82. The van der Waals surface area contributed by atoms with Gasteiger partial charge in [-0.3, -0.25) is 0 Å². The largest absolute Gasteiger partial charge is 1.00 e. The van der Waals surface area contributed by atoms with E-state index in [-0.39, 0.29) is 36.1 Å². The minimum atomic E-state index is -2.31. The van der Waals surface area contributed by atoms with E-state index in [0.717, 1.165) is 0 Å². The summed E-state index contributed by atoms with van der Waals surface area (Å²) in [6, 6.07) is 0. The fraction of sp³-hybridized carbons (Fsp3) is 0.800. The SMILES string of the molecule is NCCCCN=C([O-])[C@@H](O)[C@@H](O)[C@H](O)[C@@H](O)C(=O)O.[Na+]. The number of carboxylic acids is 1. The molecule has 0 radical (unpaired) electrons. The van der Waals surface area contributed by atoms with E-state index in [1.807, 2.05) is 0 Å². The Bertz CT molecular complexity index is 316. The third kappa shape index (κ3) is 7.50. The van der Waals surface area contributed by atoms with Crippen LogP contribution in [0.25, 0.3) is 0 Å². The van der Waals surface area contributed by atoms with Crippen LogP contribution >= 0.6 is 0 Å². The fourth-order valence-electron chi connectivity index (χ4n) is 1.20. The van der Waals surface area contributed by atoms with Gasteiger partial charge in [0.2, 0.25) is 0 Å². The molecule has 0 fully saturated rings. The Kier molecular flexibility index (Phi) is 12.6. The number of carboxylic acid groups (broad SMARTS) is 1. The third-order valence-electron chi connectivity index (χ3n) is 2.38. The van der Waals surface area contributed by atoms with Crippen molar-refractivity contribution in [3.8, 4) is 0 Å². The second-order valence-corrected chi connectivity index (χ2v) is 3.92. The number of hydrogen-bond acceptors (Lipinski definition) is 8. The first-order valence-corrected chi connectivity index (χ1v) is 5.69. The predicted molar refractivity (Wildman–Crippen MR) is 62.3 cm³/mol. The maximum atomic E-state index is 11.3. The second kappa shape index (κ2) is 11.4. The number of aliphatic hydroxyl groups excluding tert-OH is 4. The van der Waals surface area contributed by atoms with Gasteiger partial charge in [0.05, 0.1) is 0 Å². The number of hydrogen-bond donors (Lipinski definition) is 6. The predicted octanol–water partition coefficient (Wildman–Crippen LogP) is -6.98. The number of aliphatic imine (C=N–C) groups is 1. The number of aliphatic hydroxyl groups is 4. The van der Waals surface area contributed by atoms with Crippen LogP contribution < -0.4 is 40.4 Å². The molecule has 0 saturated carbocycles. The molecule has 7 N–H and O–H groups in total. The summed E-state index contributed by atoms with van der Waals surface area (Å²) >= 11 is 0. The number of nitrogens with two attached hydrogens (primary N) is 1. The van der Waals surface area contributed by atoms with Gasteiger partial charge in [-0.25, -0.2) is 4.79 Å². The van der Waals surface area contributed by atoms with Crippen molar-refractivity contribution >= 4 is 11.9 Å². The Labute approximate surface area is 138 Å². The third-order valence-corrected chi connectivity index (χ3v) is 2.38. The van der Waals surface area contributed by atoms with Crippen LogP contribution in [0.4, 0.5) is 0 Å². The minimum absolute atomic E-state index is 0. The zero-order valence-electron chi connectivity index (χ0n) is 11.2. The molecule has 0 rings (SSSR count). The first-order valence-electron chi connectivity index (χ1n) is 5.69. The van der Waals surface area contributed by atoms with Crippen LogP contribution in [-0.2, 0) is 4.79 Å². The smallest absolute Gasteiger partial charge is 0.860 e. The summed E-state index contributed by atoms with van der Waals surface area (Å²) in [6.45, 7) is 0.524. The molecule has 0 aromatic carbocycles. The molecule has 9 nitrogen and oxygen atoms in total. The van der Waals surface area contributed by atoms with E-state index in [9.17, 15) is 25.2 Å². The van der Waals surface area contributed by atoms with Crippen LogP contribution in [0.15, 0.2) is 4.99 Å². The molecule has 0 aromatic heterocycles. The van der Waals surface area contributed by atoms with Gasteiger partial charge in [-0.2, -0.15) is 0 Å². The van der Waals surface area contributed by atoms with E-state index >= 15 is 0 Å². The van der Waals surface area contributed by atoms with Crippen LogP contribution in [0.5, 0.6) is 0 Å². The van der Waals surface area contributed by atoms with Gasteiger partial charge in [-0.1, -0.05) is 0 Å². The van der Waals surface area contributed by atoms with Crippen LogP contribution in [0.3, 0.4) is 0 Å². The van der Waals surface area contributed by atoms with Crippen molar-refractivity contribution in [1.82, 2.24) is 0 Å². The van der Waals surface area contributed by atoms with E-state index in [1.54, 1.807) is 0 Å². The van der Waals surface area contributed by atoms with Gasteiger partial charge in [0.25, 0.3) is 0 Å². The van der Waals surface area contributed by atoms with Crippen LogP contribution in [0.1, 0.15) is 12.8 Å². The normalized spacial score (nSPS) is 17.8. The van der Waals surface area contributed by atoms with Crippen molar-refractivity contribution in [2.45, 2.75) is 37.3 Å². The zero-order chi connectivity index (χ0) is 15.0. The molecule has 0 aliphatic carbocycles. The molecular formula is C10H19N2NaO7. The van der Waals surface area contributed by atoms with Gasteiger partial charge in [-0.05, 0) is 25.3 Å². The second-order valence-electron chi connectivity index (χ2n) is 3.92. The molecular weight excluding hydrogens is 283 g/mol. The molecule has 112 valence electrons. The molecule has 0 saturated heterocycles. The monoisotopic (exact) mass is 302 g/mol. The first kappa shape index (κ1) is 22.0. The molecule has 20 heavy (non-hydrogen) atoms. The standard InChI is InChI=1S/C10H20N2O7.Na/c11-3-1-2-4-12-9(17)7(15)5(13)6(14)8(16)10(18)19;/h5-8,13-16H,1-4,11H2,(H,12,17)(H,18,19);/q;+1/p-1/t5-,6-,7-,8+;/m0./s1. The van der Waals surface area contributed by atoms with Gasteiger partial charge < -0.3 is 41.4 Å². The molecule has 4 atom stereocenters. The van der Waals surface area contributed by atoms with Crippen LogP contribution in [0.2, 0.25) is 0 Å². The summed E-state index contributed by atoms with van der Waals surface area (Å²) in [4.78, 5) is 13.8. The van der Waals surface area contributed by atoms with Gasteiger partial charge >= 0.3 is 35.5 Å². The Morgan fingerprint density at radius 1 is 1.10 bits per heavy atom. The number of unbranched alkanes of at least 4 members (excludes halogenated alkanes) is 1. The van der Waals surface area contributed by atoms with Crippen molar-refractivity contribution in [1.29, 1.82) is 0 Å². The fourth-order valence-corrected chi connectivity index (χ4v) is 1.20. The van der Waals surface area contributed by atoms with E-state index in [2.05, 4.69) is 4.99 Å². The van der Waals surface area contributed by atoms with Crippen LogP contribution in [-0.4, -0.2) is 74.9 Å². The van der Waals surface area contributed by atoms with Crippen molar-refractivity contribution in [2.75, 3.05) is 13.1 Å². The number of carbonyl (C=O) groups is 1. The van der Waals surface area contributed by atoms with E-state index < -0.39 is 36.3 Å². The molecule has 0 aromatic rings. The van der Waals surface area contributed by atoms with Crippen molar-refractivity contribution in [3.05, 3.63) is 0 Å². The number of aliphatic carboxylic acids is 1. The van der Waals surface area contributed by atoms with Crippen molar-refractivity contribution < 1.29 is 65.0 Å². The summed E-state index contributed by atoms with van der Waals surface area (Å²) in [5, 5.41) is 56.6. The average Bonchev–Trinajstić information content (AvgIpc) is 2.39. The molecule has 0 amide bonds. The maximum Gasteiger partial charge on any atom is 1.00 e. The Balaban J connectivity index is 0. The number of rotatable bonds is 9. The zero-order valence-corrected chi connectivity index (χ0v) is 13.2. The van der Waals surface area contributed by atoms with E-state index in [1.165, 1.54) is 0 Å². The summed E-state index contributed by atoms with van der Waals surface area (Å²) < 4.78 is 0. The molecule has 0 heterocycles. The number of nitrogens with zero attached hydrogens (tertiary/aromatic N) is 1. The molecule has 0 unspecified atom stereocenters. The summed E-state index contributed by atoms with van der Waals surface area (Å²) in [6.07, 6.45) is -7.59. The Morgan fingerprint density at radius 2 is 1.60 bits per heavy atom. The molecule has 0 bridgehead atoms. The van der Waals surface area contributed by atoms with Crippen LogP contribution in [0, 0.1) is 0 Å². The summed E-state index contributed by atoms with van der Waals surface area (Å²) in [5.41, 5.74) is 5.22. The molecule has 10 heteroatoms. The molecule has 0 spiro atoms. The summed E-state index contributed by atoms with van der Waals surface area (Å²) in [7, 11) is 0. The quantitative estimate of drug-likeness (QED) is 0.105. The molecule has 0 aliphatic heterocycles. The van der Waals surface area contributed by atoms with Gasteiger partial charge in [0.15, 0.2) is 6.10 Å². The van der Waals surface area contributed by atoms with E-state index in [4.69, 9.17) is 15.9 Å². The van der Waals surface area contributed by atoms with Gasteiger partial charge in [-0.15, -0.1) is 0 Å². The van der Waals surface area contributed by atoms with Crippen molar-refractivity contribution in [2.24, 2.45) is 10.7 Å².